The summed E-state index contributed by atoms with van der Waals surface area (Å²) < 4.78 is 15.8. The van der Waals surface area contributed by atoms with Gasteiger partial charge in [0.15, 0.2) is 0 Å². The van der Waals surface area contributed by atoms with Crippen molar-refractivity contribution in [1.82, 2.24) is 0 Å². The second-order valence-electron chi connectivity index (χ2n) is 2.43. The molecule has 12 heavy (non-hydrogen) atoms. The van der Waals surface area contributed by atoms with Crippen LogP contribution in [0.25, 0.3) is 0 Å². The van der Waals surface area contributed by atoms with Gasteiger partial charge in [0.05, 0.1) is 6.61 Å². The first-order chi connectivity index (χ1) is 5.62. The topological polar surface area (TPSA) is 46.5 Å². The molecule has 0 aromatic heterocycles. The summed E-state index contributed by atoms with van der Waals surface area (Å²) in [6, 6.07) is 0. The van der Waals surface area contributed by atoms with E-state index in [-0.39, 0.29) is 0 Å². The van der Waals surface area contributed by atoms with Crippen LogP contribution in [0.15, 0.2) is 0 Å². The van der Waals surface area contributed by atoms with E-state index in [1.54, 1.807) is 6.92 Å². The molecule has 0 amide bonds. The highest BCUT2D eigenvalue weighted by Gasteiger charge is 2.17. The summed E-state index contributed by atoms with van der Waals surface area (Å²) in [4.78, 5) is 9.11. The van der Waals surface area contributed by atoms with E-state index in [4.69, 9.17) is 4.89 Å². The van der Waals surface area contributed by atoms with Gasteiger partial charge in [-0.3, -0.25) is 0 Å². The molecule has 0 aliphatic heterocycles. The molecular formula is C7H17O3PS. The monoisotopic (exact) mass is 212 g/mol. The van der Waals surface area contributed by atoms with Gasteiger partial charge in [0.2, 0.25) is 0 Å². The minimum atomic E-state index is -3.32. The molecule has 0 spiro atoms. The molecule has 0 aromatic carbocycles. The molecule has 0 aliphatic rings. The van der Waals surface area contributed by atoms with Crippen LogP contribution in [0.2, 0.25) is 0 Å². The van der Waals surface area contributed by atoms with Gasteiger partial charge in [-0.05, 0) is 24.7 Å². The zero-order valence-corrected chi connectivity index (χ0v) is 9.37. The van der Waals surface area contributed by atoms with Crippen LogP contribution < -0.4 is 0 Å². The summed E-state index contributed by atoms with van der Waals surface area (Å²) in [7, 11) is 0. The Labute approximate surface area is 78.2 Å². The lowest BCUT2D eigenvalue weighted by Crippen LogP contribution is -1.86. The molecule has 0 saturated carbocycles. The van der Waals surface area contributed by atoms with Gasteiger partial charge in [0, 0.05) is 5.75 Å². The molecule has 0 radical (unpaired) electrons. The van der Waals surface area contributed by atoms with E-state index in [1.807, 2.05) is 0 Å². The van der Waals surface area contributed by atoms with E-state index in [1.165, 1.54) is 0 Å². The Bertz CT molecular complexity index is 152. The molecule has 0 saturated heterocycles. The second kappa shape index (κ2) is 6.96. The standard InChI is InChI=1S/C7H17O3PS/c1-3-5-6-7-12-11(8,9)10-4-2/h3-7H2,1-2H3,(H,8,9). The normalized spacial score (nSPS) is 15.9. The minimum absolute atomic E-state index is 0.300. The van der Waals surface area contributed by atoms with Crippen LogP contribution in [0.5, 0.6) is 0 Å². The summed E-state index contributed by atoms with van der Waals surface area (Å²) in [5, 5.41) is 0. The van der Waals surface area contributed by atoms with Crippen molar-refractivity contribution in [2.24, 2.45) is 0 Å². The van der Waals surface area contributed by atoms with Gasteiger partial charge in [0.25, 0.3) is 0 Å². The zero-order chi connectivity index (χ0) is 9.45. The number of hydrogen-bond donors (Lipinski definition) is 1. The molecule has 0 bridgehead atoms. The van der Waals surface area contributed by atoms with Crippen molar-refractivity contribution in [2.75, 3.05) is 12.4 Å². The molecule has 1 unspecified atom stereocenters. The number of rotatable bonds is 7. The lowest BCUT2D eigenvalue weighted by atomic mass is 10.3. The van der Waals surface area contributed by atoms with Crippen LogP contribution in [0.3, 0.4) is 0 Å². The lowest BCUT2D eigenvalue weighted by molar-refractivity contribution is 0.291. The maximum absolute atomic E-state index is 11.1. The van der Waals surface area contributed by atoms with E-state index < -0.39 is 6.80 Å². The van der Waals surface area contributed by atoms with Gasteiger partial charge in [0.1, 0.15) is 0 Å². The summed E-state index contributed by atoms with van der Waals surface area (Å²) in [5.74, 6) is 0.710. The highest BCUT2D eigenvalue weighted by Crippen LogP contribution is 2.55. The molecule has 0 heterocycles. The Morgan fingerprint density at radius 2 is 2.08 bits per heavy atom. The summed E-state index contributed by atoms with van der Waals surface area (Å²) in [6.45, 7) is 0.805. The van der Waals surface area contributed by atoms with Crippen LogP contribution in [0, 0.1) is 0 Å². The highest BCUT2D eigenvalue weighted by molar-refractivity contribution is 8.54. The fourth-order valence-corrected chi connectivity index (χ4v) is 3.32. The molecule has 1 N–H and O–H groups in total. The Kier molecular flexibility index (Phi) is 7.25. The van der Waals surface area contributed by atoms with Crippen LogP contribution >= 0.6 is 18.2 Å². The van der Waals surface area contributed by atoms with Gasteiger partial charge in [-0.1, -0.05) is 19.8 Å². The number of hydrogen-bond acceptors (Lipinski definition) is 3. The lowest BCUT2D eigenvalue weighted by Gasteiger charge is -2.08. The summed E-state index contributed by atoms with van der Waals surface area (Å²) >= 11 is 1.03. The molecule has 0 rings (SSSR count). The first-order valence-electron chi connectivity index (χ1n) is 4.24. The first-order valence-corrected chi connectivity index (χ1v) is 7.41. The largest absolute Gasteiger partial charge is 0.386 e. The fraction of sp³-hybridized carbons (Fsp3) is 1.00. The Hall–Kier alpha value is 0.500. The third-order valence-electron chi connectivity index (χ3n) is 1.29. The van der Waals surface area contributed by atoms with Crippen molar-refractivity contribution in [1.29, 1.82) is 0 Å². The van der Waals surface area contributed by atoms with Gasteiger partial charge in [-0.25, -0.2) is 4.57 Å². The van der Waals surface area contributed by atoms with Gasteiger partial charge < -0.3 is 9.42 Å². The van der Waals surface area contributed by atoms with Gasteiger partial charge in [-0.15, -0.1) is 0 Å². The molecule has 1 atom stereocenters. The Morgan fingerprint density at radius 3 is 2.58 bits per heavy atom. The van der Waals surface area contributed by atoms with Crippen molar-refractivity contribution in [3.63, 3.8) is 0 Å². The minimum Gasteiger partial charge on any atom is -0.316 e. The van der Waals surface area contributed by atoms with Crippen molar-refractivity contribution in [3.8, 4) is 0 Å². The molecule has 0 fully saturated rings. The van der Waals surface area contributed by atoms with Crippen LogP contribution in [0.1, 0.15) is 33.1 Å². The van der Waals surface area contributed by atoms with E-state index in [2.05, 4.69) is 11.4 Å². The molecule has 74 valence electrons. The summed E-state index contributed by atoms with van der Waals surface area (Å²) in [6.07, 6.45) is 3.23. The third-order valence-corrected chi connectivity index (χ3v) is 4.52. The van der Waals surface area contributed by atoms with Crippen LogP contribution in [-0.4, -0.2) is 17.3 Å². The molecular weight excluding hydrogens is 195 g/mol. The van der Waals surface area contributed by atoms with Gasteiger partial charge >= 0.3 is 6.80 Å². The van der Waals surface area contributed by atoms with E-state index in [9.17, 15) is 4.57 Å². The molecule has 0 aromatic rings. The summed E-state index contributed by atoms with van der Waals surface area (Å²) in [5.41, 5.74) is 0. The maximum Gasteiger partial charge on any atom is 0.386 e. The Balaban J connectivity index is 3.41. The van der Waals surface area contributed by atoms with Crippen LogP contribution in [-0.2, 0) is 9.09 Å². The van der Waals surface area contributed by atoms with E-state index in [0.717, 1.165) is 30.6 Å². The SMILES string of the molecule is CCCCCSP(=O)(O)OCC. The molecule has 0 aliphatic carbocycles. The van der Waals surface area contributed by atoms with Crippen molar-refractivity contribution in [3.05, 3.63) is 0 Å². The predicted molar refractivity (Wildman–Crippen MR) is 53.4 cm³/mol. The molecule has 5 heteroatoms. The highest BCUT2D eigenvalue weighted by atomic mass is 32.7. The van der Waals surface area contributed by atoms with Crippen molar-refractivity contribution >= 4 is 18.2 Å². The maximum atomic E-state index is 11.1. The first kappa shape index (κ1) is 12.5. The van der Waals surface area contributed by atoms with Gasteiger partial charge in [-0.2, -0.15) is 0 Å². The second-order valence-corrected chi connectivity index (χ2v) is 6.45. The van der Waals surface area contributed by atoms with E-state index in [0.29, 0.717) is 12.4 Å². The fourth-order valence-electron chi connectivity index (χ4n) is 0.732. The zero-order valence-electron chi connectivity index (χ0n) is 7.65. The number of unbranched alkanes of at least 4 members (excludes halogenated alkanes) is 2. The van der Waals surface area contributed by atoms with Crippen LogP contribution in [0.4, 0.5) is 0 Å². The molecule has 3 nitrogen and oxygen atoms in total. The van der Waals surface area contributed by atoms with Crippen molar-refractivity contribution < 1.29 is 14.0 Å². The average Bonchev–Trinajstić information content (AvgIpc) is 1.98. The van der Waals surface area contributed by atoms with E-state index >= 15 is 0 Å². The third kappa shape index (κ3) is 7.17. The Morgan fingerprint density at radius 1 is 1.42 bits per heavy atom. The average molecular weight is 212 g/mol. The predicted octanol–water partition coefficient (Wildman–Crippen LogP) is 3.05. The smallest absolute Gasteiger partial charge is 0.316 e. The van der Waals surface area contributed by atoms with Crippen molar-refractivity contribution in [2.45, 2.75) is 33.1 Å². The quantitative estimate of drug-likeness (QED) is 0.520.